The van der Waals surface area contributed by atoms with Crippen molar-refractivity contribution in [3.63, 3.8) is 0 Å². The van der Waals surface area contributed by atoms with E-state index in [1.54, 1.807) is 16.7 Å². The predicted octanol–water partition coefficient (Wildman–Crippen LogP) is 0.0543. The lowest BCUT2D eigenvalue weighted by Crippen LogP contribution is -2.53. The number of aliphatic hydroxyl groups is 1. The number of nitrogens with zero attached hydrogens (tertiary/aromatic N) is 1. The Kier molecular flexibility index (Phi) is 3.85. The van der Waals surface area contributed by atoms with Crippen LogP contribution in [0, 0.1) is 23.7 Å². The molecule has 2 heterocycles. The van der Waals surface area contributed by atoms with Crippen molar-refractivity contribution in [2.24, 2.45) is 23.7 Å². The zero-order valence-corrected chi connectivity index (χ0v) is 14.3. The minimum absolute atomic E-state index is 0.0158. The Labute approximate surface area is 140 Å². The largest absolute Gasteiger partial charge is 0.390 e. The summed E-state index contributed by atoms with van der Waals surface area (Å²) in [5, 5.41) is 13.2. The summed E-state index contributed by atoms with van der Waals surface area (Å²) in [5.74, 6) is 1.09. The summed E-state index contributed by atoms with van der Waals surface area (Å²) in [7, 11) is 0. The summed E-state index contributed by atoms with van der Waals surface area (Å²) in [5.41, 5.74) is 0. The number of ether oxygens (including phenoxy) is 1. The van der Waals surface area contributed by atoms with Crippen LogP contribution in [0.1, 0.15) is 19.8 Å². The van der Waals surface area contributed by atoms with Crippen LogP contribution >= 0.6 is 11.8 Å². The molecule has 0 radical (unpaired) electrons. The van der Waals surface area contributed by atoms with E-state index in [0.29, 0.717) is 13.0 Å². The fraction of sp³-hybridized carbons (Fsp3) is 0.875. The topological polar surface area (TPSA) is 78.9 Å². The van der Waals surface area contributed by atoms with Gasteiger partial charge in [0.2, 0.25) is 11.8 Å². The molecule has 0 aromatic heterocycles. The van der Waals surface area contributed by atoms with Gasteiger partial charge in [0, 0.05) is 12.5 Å². The van der Waals surface area contributed by atoms with E-state index in [4.69, 9.17) is 4.74 Å². The Morgan fingerprint density at radius 3 is 3.00 bits per heavy atom. The minimum atomic E-state index is -0.508. The van der Waals surface area contributed by atoms with Gasteiger partial charge in [-0.25, -0.2) is 0 Å². The van der Waals surface area contributed by atoms with Gasteiger partial charge in [0.1, 0.15) is 12.3 Å². The van der Waals surface area contributed by atoms with Gasteiger partial charge in [-0.1, -0.05) is 0 Å². The van der Waals surface area contributed by atoms with E-state index in [-0.39, 0.29) is 47.8 Å². The molecule has 2 bridgehead atoms. The van der Waals surface area contributed by atoms with Crippen molar-refractivity contribution < 1.29 is 19.4 Å². The van der Waals surface area contributed by atoms with Gasteiger partial charge in [-0.3, -0.25) is 9.59 Å². The van der Waals surface area contributed by atoms with E-state index in [0.717, 1.165) is 12.2 Å². The van der Waals surface area contributed by atoms with Crippen LogP contribution in [-0.2, 0) is 14.3 Å². The Morgan fingerprint density at radius 2 is 2.30 bits per heavy atom. The normalized spacial score (nSPS) is 44.2. The second-order valence-electron chi connectivity index (χ2n) is 7.09. The molecule has 4 rings (SSSR count). The smallest absolute Gasteiger partial charge is 0.242 e. The lowest BCUT2D eigenvalue weighted by Gasteiger charge is -2.34. The van der Waals surface area contributed by atoms with Crippen molar-refractivity contribution in [3.05, 3.63) is 0 Å². The van der Waals surface area contributed by atoms with Gasteiger partial charge in [-0.05, 0) is 43.6 Å². The van der Waals surface area contributed by atoms with Crippen LogP contribution in [-0.4, -0.2) is 64.9 Å². The average Bonchev–Trinajstić information content (AvgIpc) is 3.19. The Bertz CT molecular complexity index is 530. The van der Waals surface area contributed by atoms with Crippen LogP contribution in [0.3, 0.4) is 0 Å². The quantitative estimate of drug-likeness (QED) is 0.715. The number of fused-ring (bicyclic) bond motifs is 2. The van der Waals surface area contributed by atoms with Crippen LogP contribution in [0.5, 0.6) is 0 Å². The Balaban J connectivity index is 1.61. The van der Waals surface area contributed by atoms with Gasteiger partial charge < -0.3 is 20.1 Å². The number of rotatable bonds is 6. The molecule has 2 saturated carbocycles. The van der Waals surface area contributed by atoms with Gasteiger partial charge in [0.05, 0.1) is 18.1 Å². The minimum Gasteiger partial charge on any atom is -0.390 e. The highest BCUT2D eigenvalue weighted by molar-refractivity contribution is 7.98. The van der Waals surface area contributed by atoms with Crippen molar-refractivity contribution in [3.8, 4) is 0 Å². The van der Waals surface area contributed by atoms with Gasteiger partial charge >= 0.3 is 0 Å². The standard InChI is InChI=1S/C16H24N2O4S/c1-3-17-14(20)9(4-5-23-2)18-15(21)10-7-6-8-11(10)16(18)22-13(8)12(7)19/h7-13,16,19H,3-6H2,1-2H3,(H,17,20). The first-order valence-electron chi connectivity index (χ1n) is 8.52. The maximum absolute atomic E-state index is 13.0. The summed E-state index contributed by atoms with van der Waals surface area (Å²) in [4.78, 5) is 27.2. The number of carbonyl (C=O) groups is 2. The first-order chi connectivity index (χ1) is 11.1. The molecule has 6 nitrogen and oxygen atoms in total. The highest BCUT2D eigenvalue weighted by Crippen LogP contribution is 2.63. The van der Waals surface area contributed by atoms with Gasteiger partial charge in [0.25, 0.3) is 0 Å². The fourth-order valence-electron chi connectivity index (χ4n) is 5.34. The molecule has 8 unspecified atom stereocenters. The van der Waals surface area contributed by atoms with Crippen LogP contribution in [0.4, 0.5) is 0 Å². The highest BCUT2D eigenvalue weighted by Gasteiger charge is 2.73. The van der Waals surface area contributed by atoms with Crippen molar-refractivity contribution in [2.75, 3.05) is 18.6 Å². The van der Waals surface area contributed by atoms with Crippen molar-refractivity contribution in [1.82, 2.24) is 10.2 Å². The predicted molar refractivity (Wildman–Crippen MR) is 85.6 cm³/mol. The molecule has 7 heteroatoms. The summed E-state index contributed by atoms with van der Waals surface area (Å²) in [6.07, 6.45) is 2.57. The van der Waals surface area contributed by atoms with E-state index >= 15 is 0 Å². The molecule has 2 N–H and O–H groups in total. The summed E-state index contributed by atoms with van der Waals surface area (Å²) < 4.78 is 6.08. The SMILES string of the molecule is CCNC(=O)C(CCSC)N1C(=O)C2C3CC4C(OC1C42)C3O. The highest BCUT2D eigenvalue weighted by atomic mass is 32.2. The molecule has 2 aliphatic heterocycles. The zero-order valence-electron chi connectivity index (χ0n) is 13.5. The lowest BCUT2D eigenvalue weighted by atomic mass is 9.80. The molecular weight excluding hydrogens is 316 g/mol. The summed E-state index contributed by atoms with van der Waals surface area (Å²) >= 11 is 1.68. The van der Waals surface area contributed by atoms with E-state index < -0.39 is 12.1 Å². The third kappa shape index (κ3) is 2.02. The Hall–Kier alpha value is -0.790. The van der Waals surface area contributed by atoms with E-state index in [1.807, 2.05) is 13.2 Å². The Morgan fingerprint density at radius 1 is 1.52 bits per heavy atom. The van der Waals surface area contributed by atoms with E-state index in [9.17, 15) is 14.7 Å². The number of amides is 2. The maximum Gasteiger partial charge on any atom is 0.242 e. The number of likely N-dealkylation sites (N-methyl/N-ethyl adjacent to an activating group) is 1. The van der Waals surface area contributed by atoms with Gasteiger partial charge in [0.15, 0.2) is 0 Å². The number of carbonyl (C=O) groups excluding carboxylic acids is 2. The van der Waals surface area contributed by atoms with Gasteiger partial charge in [-0.15, -0.1) is 0 Å². The average molecular weight is 340 g/mol. The first kappa shape index (κ1) is 15.7. The number of hydrogen-bond donors (Lipinski definition) is 2. The summed E-state index contributed by atoms with van der Waals surface area (Å²) in [6.45, 7) is 2.44. The zero-order chi connectivity index (χ0) is 16.3. The van der Waals surface area contributed by atoms with Crippen LogP contribution in [0.2, 0.25) is 0 Å². The molecule has 0 spiro atoms. The molecule has 128 valence electrons. The fourth-order valence-corrected chi connectivity index (χ4v) is 5.80. The van der Waals surface area contributed by atoms with Crippen molar-refractivity contribution in [2.45, 2.75) is 44.2 Å². The van der Waals surface area contributed by atoms with Crippen LogP contribution in [0.25, 0.3) is 0 Å². The molecule has 8 atom stereocenters. The van der Waals surface area contributed by atoms with Crippen molar-refractivity contribution >= 4 is 23.6 Å². The molecule has 23 heavy (non-hydrogen) atoms. The monoisotopic (exact) mass is 340 g/mol. The second kappa shape index (κ2) is 5.63. The number of aliphatic hydroxyl groups excluding tert-OH is 1. The molecule has 2 amide bonds. The first-order valence-corrected chi connectivity index (χ1v) is 9.91. The second-order valence-corrected chi connectivity index (χ2v) is 8.07. The third-order valence-corrected chi connectivity index (χ3v) is 6.78. The van der Waals surface area contributed by atoms with Gasteiger partial charge in [-0.2, -0.15) is 11.8 Å². The van der Waals surface area contributed by atoms with E-state index in [1.165, 1.54) is 0 Å². The number of likely N-dealkylation sites (tertiary alicyclic amines) is 1. The molecule has 4 aliphatic rings. The maximum atomic E-state index is 13.0. The number of hydrogen-bond acceptors (Lipinski definition) is 5. The molecule has 0 aromatic carbocycles. The van der Waals surface area contributed by atoms with Crippen LogP contribution < -0.4 is 5.32 Å². The molecule has 0 aromatic rings. The van der Waals surface area contributed by atoms with Crippen molar-refractivity contribution in [1.29, 1.82) is 0 Å². The molecule has 4 fully saturated rings. The van der Waals surface area contributed by atoms with Crippen LogP contribution in [0.15, 0.2) is 0 Å². The third-order valence-electron chi connectivity index (χ3n) is 6.14. The molecular formula is C16H24N2O4S. The number of nitrogens with one attached hydrogen (secondary N) is 1. The molecule has 2 saturated heterocycles. The number of thioether (sulfide) groups is 1. The lowest BCUT2D eigenvalue weighted by molar-refractivity contribution is -0.160. The summed E-state index contributed by atoms with van der Waals surface area (Å²) in [6, 6.07) is -0.458. The van der Waals surface area contributed by atoms with E-state index in [2.05, 4.69) is 5.32 Å². The molecule has 2 aliphatic carbocycles.